The van der Waals surface area contributed by atoms with Gasteiger partial charge in [0.25, 0.3) is 5.91 Å². The average Bonchev–Trinajstić information content (AvgIpc) is 3.08. The van der Waals surface area contributed by atoms with Crippen molar-refractivity contribution in [3.8, 4) is 0 Å². The molecule has 2 heterocycles. The third kappa shape index (κ3) is 3.18. The molecule has 1 unspecified atom stereocenters. The molecule has 0 fully saturated rings. The number of halogens is 1. The summed E-state index contributed by atoms with van der Waals surface area (Å²) < 4.78 is 20.9. The lowest BCUT2D eigenvalue weighted by Gasteiger charge is -2.25. The van der Waals surface area contributed by atoms with E-state index < -0.39 is 17.8 Å². The van der Waals surface area contributed by atoms with E-state index in [4.69, 9.17) is 4.42 Å². The van der Waals surface area contributed by atoms with Gasteiger partial charge in [-0.1, -0.05) is 18.2 Å². The van der Waals surface area contributed by atoms with Gasteiger partial charge in [0.2, 0.25) is 5.76 Å². The van der Waals surface area contributed by atoms with Crippen LogP contribution in [0.3, 0.4) is 0 Å². The van der Waals surface area contributed by atoms with Crippen molar-refractivity contribution in [2.24, 2.45) is 0 Å². The number of Topliss-reactive ketones (excluding diaryl/α,β-unsaturated/α-hetero) is 1. The van der Waals surface area contributed by atoms with Crippen molar-refractivity contribution in [2.75, 3.05) is 4.90 Å². The number of ketones is 1. The van der Waals surface area contributed by atoms with Crippen molar-refractivity contribution >= 4 is 28.3 Å². The lowest BCUT2D eigenvalue weighted by Crippen LogP contribution is -2.30. The van der Waals surface area contributed by atoms with Crippen LogP contribution in [-0.4, -0.2) is 11.7 Å². The van der Waals surface area contributed by atoms with E-state index in [2.05, 4.69) is 0 Å². The molecule has 1 aliphatic heterocycles. The van der Waals surface area contributed by atoms with Gasteiger partial charge >= 0.3 is 0 Å². The van der Waals surface area contributed by atoms with E-state index in [9.17, 15) is 18.8 Å². The predicted molar refractivity (Wildman–Crippen MR) is 123 cm³/mol. The molecule has 4 aromatic rings. The smallest absolute Gasteiger partial charge is 0.295 e. The van der Waals surface area contributed by atoms with Crippen molar-refractivity contribution in [1.82, 2.24) is 0 Å². The van der Waals surface area contributed by atoms with E-state index in [1.807, 2.05) is 13.8 Å². The van der Waals surface area contributed by atoms with Crippen LogP contribution in [0.1, 0.15) is 56.1 Å². The van der Waals surface area contributed by atoms with Gasteiger partial charge in [-0.2, -0.15) is 0 Å². The van der Waals surface area contributed by atoms with Gasteiger partial charge in [0.1, 0.15) is 11.4 Å². The molecule has 0 saturated carbocycles. The summed E-state index contributed by atoms with van der Waals surface area (Å²) >= 11 is 0. The van der Waals surface area contributed by atoms with E-state index in [-0.39, 0.29) is 28.1 Å². The first-order valence-corrected chi connectivity index (χ1v) is 10.5. The molecule has 1 amide bonds. The van der Waals surface area contributed by atoms with E-state index in [0.717, 1.165) is 11.1 Å². The van der Waals surface area contributed by atoms with Crippen molar-refractivity contribution < 1.29 is 18.4 Å². The highest BCUT2D eigenvalue weighted by Gasteiger charge is 2.44. The molecule has 5 nitrogen and oxygen atoms in total. The number of fused-ring (bicyclic) bond motifs is 2. The summed E-state index contributed by atoms with van der Waals surface area (Å²) in [5.41, 5.74) is 3.01. The first-order valence-electron chi connectivity index (χ1n) is 10.5. The van der Waals surface area contributed by atoms with Gasteiger partial charge < -0.3 is 4.42 Å². The Morgan fingerprint density at radius 3 is 2.30 bits per heavy atom. The van der Waals surface area contributed by atoms with Crippen LogP contribution in [0.4, 0.5) is 10.1 Å². The minimum Gasteiger partial charge on any atom is -0.450 e. The summed E-state index contributed by atoms with van der Waals surface area (Å²) in [7, 11) is 0. The second kappa shape index (κ2) is 7.52. The molecule has 1 aliphatic rings. The van der Waals surface area contributed by atoms with Gasteiger partial charge in [-0.05, 0) is 74.4 Å². The Labute approximate surface area is 189 Å². The number of nitrogens with zero attached hydrogens (tertiary/aromatic N) is 1. The van der Waals surface area contributed by atoms with Crippen LogP contribution in [0, 0.1) is 19.7 Å². The van der Waals surface area contributed by atoms with Crippen molar-refractivity contribution in [1.29, 1.82) is 0 Å². The summed E-state index contributed by atoms with van der Waals surface area (Å²) in [6.45, 7) is 5.24. The maximum Gasteiger partial charge on any atom is 0.295 e. The number of rotatable bonds is 3. The Balaban J connectivity index is 1.81. The number of aryl methyl sites for hydroxylation is 2. The van der Waals surface area contributed by atoms with E-state index in [1.54, 1.807) is 54.6 Å². The van der Waals surface area contributed by atoms with Crippen LogP contribution < -0.4 is 10.3 Å². The molecule has 1 aromatic heterocycles. The van der Waals surface area contributed by atoms with Gasteiger partial charge in [0, 0.05) is 16.8 Å². The van der Waals surface area contributed by atoms with E-state index in [0.29, 0.717) is 22.2 Å². The van der Waals surface area contributed by atoms with Crippen LogP contribution >= 0.6 is 0 Å². The summed E-state index contributed by atoms with van der Waals surface area (Å²) in [6.07, 6.45) is 0. The lowest BCUT2D eigenvalue weighted by molar-refractivity contribution is 0.0970. The number of hydrogen-bond donors (Lipinski definition) is 0. The fourth-order valence-corrected chi connectivity index (χ4v) is 4.34. The molecule has 0 bridgehead atoms. The van der Waals surface area contributed by atoms with Gasteiger partial charge in [-0.3, -0.25) is 19.3 Å². The lowest BCUT2D eigenvalue weighted by atomic mass is 9.96. The minimum atomic E-state index is -1.00. The maximum absolute atomic E-state index is 15.0. The zero-order chi connectivity index (χ0) is 23.4. The van der Waals surface area contributed by atoms with Crippen molar-refractivity contribution in [3.05, 3.63) is 110 Å². The van der Waals surface area contributed by atoms with Crippen LogP contribution in [0.5, 0.6) is 0 Å². The summed E-state index contributed by atoms with van der Waals surface area (Å²) in [5, 5.41) is 0.347. The molecule has 0 saturated heterocycles. The molecule has 1 atom stereocenters. The molecule has 0 aliphatic carbocycles. The number of amides is 1. The number of anilines is 1. The van der Waals surface area contributed by atoms with E-state index in [1.165, 1.54) is 17.9 Å². The van der Waals surface area contributed by atoms with E-state index >= 15 is 0 Å². The molecule has 0 spiro atoms. The Morgan fingerprint density at radius 2 is 1.64 bits per heavy atom. The first-order chi connectivity index (χ1) is 15.8. The molecule has 33 heavy (non-hydrogen) atoms. The SMILES string of the molecule is CC(=O)c1ccc(N2C(=O)c3oc4cc(C)c(C)cc4c(=O)c3C2c2ccccc2F)cc1. The van der Waals surface area contributed by atoms with Gasteiger partial charge in [-0.25, -0.2) is 4.39 Å². The zero-order valence-electron chi connectivity index (χ0n) is 18.3. The molecule has 0 radical (unpaired) electrons. The fraction of sp³-hybridized carbons (Fsp3) is 0.148. The van der Waals surface area contributed by atoms with Gasteiger partial charge in [0.05, 0.1) is 17.0 Å². The number of carbonyl (C=O) groups is 2. The minimum absolute atomic E-state index is 0.0975. The first kappa shape index (κ1) is 20.8. The monoisotopic (exact) mass is 441 g/mol. The summed E-state index contributed by atoms with van der Waals surface area (Å²) in [6, 6.07) is 15.0. The summed E-state index contributed by atoms with van der Waals surface area (Å²) in [4.78, 5) is 40.3. The predicted octanol–water partition coefficient (Wildman–Crippen LogP) is 5.50. The third-order valence-corrected chi connectivity index (χ3v) is 6.24. The van der Waals surface area contributed by atoms with Crippen LogP contribution in [0.15, 0.2) is 69.9 Å². The van der Waals surface area contributed by atoms with Crippen molar-refractivity contribution in [2.45, 2.75) is 26.8 Å². The van der Waals surface area contributed by atoms with Gasteiger partial charge in [0.15, 0.2) is 11.2 Å². The quantitative estimate of drug-likeness (QED) is 0.394. The second-order valence-electron chi connectivity index (χ2n) is 8.31. The number of hydrogen-bond acceptors (Lipinski definition) is 4. The van der Waals surface area contributed by atoms with Crippen LogP contribution in [0.25, 0.3) is 11.0 Å². The summed E-state index contributed by atoms with van der Waals surface area (Å²) in [5.74, 6) is -1.28. The van der Waals surface area contributed by atoms with Crippen molar-refractivity contribution in [3.63, 3.8) is 0 Å². The Morgan fingerprint density at radius 1 is 0.970 bits per heavy atom. The highest BCUT2D eigenvalue weighted by Crippen LogP contribution is 2.42. The molecule has 164 valence electrons. The Kier molecular flexibility index (Phi) is 4.74. The standard InChI is InChI=1S/C27H20FNO4/c1-14-12-20-22(13-15(14)2)33-26-23(25(20)31)24(19-6-4-5-7-21(19)28)29(27(26)32)18-10-8-17(9-11-18)16(3)30/h4-13,24H,1-3H3. The fourth-order valence-electron chi connectivity index (χ4n) is 4.34. The molecular formula is C27H20FNO4. The van der Waals surface area contributed by atoms with Crippen LogP contribution in [-0.2, 0) is 0 Å². The van der Waals surface area contributed by atoms with Crippen LogP contribution in [0.2, 0.25) is 0 Å². The Hall–Kier alpha value is -4.06. The molecule has 5 rings (SSSR count). The molecule has 6 heteroatoms. The van der Waals surface area contributed by atoms with Gasteiger partial charge in [-0.15, -0.1) is 0 Å². The molecular weight excluding hydrogens is 421 g/mol. The second-order valence-corrected chi connectivity index (χ2v) is 8.31. The number of benzene rings is 3. The normalized spacial score (nSPS) is 15.2. The molecule has 3 aromatic carbocycles. The zero-order valence-corrected chi connectivity index (χ0v) is 18.3. The highest BCUT2D eigenvalue weighted by molar-refractivity contribution is 6.11. The molecule has 0 N–H and O–H groups in total. The highest BCUT2D eigenvalue weighted by atomic mass is 19.1. The largest absolute Gasteiger partial charge is 0.450 e. The number of carbonyl (C=O) groups excluding carboxylic acids is 2. The Bertz CT molecular complexity index is 1520. The third-order valence-electron chi connectivity index (χ3n) is 6.24. The average molecular weight is 441 g/mol. The maximum atomic E-state index is 15.0. The topological polar surface area (TPSA) is 67.6 Å².